The number of rotatable bonds is 5. The van der Waals surface area contributed by atoms with Crippen LogP contribution < -0.4 is 9.64 Å². The topological polar surface area (TPSA) is 75.5 Å². The van der Waals surface area contributed by atoms with Gasteiger partial charge in [-0.3, -0.25) is 0 Å². The summed E-state index contributed by atoms with van der Waals surface area (Å²) in [5.41, 5.74) is -0.874. The van der Waals surface area contributed by atoms with Gasteiger partial charge >= 0.3 is 5.97 Å². The quantitative estimate of drug-likeness (QED) is 0.873. The summed E-state index contributed by atoms with van der Waals surface area (Å²) in [7, 11) is 1.53. The Balaban J connectivity index is 2.38. The molecule has 1 aliphatic rings. The molecule has 1 saturated heterocycles. The number of hydrogen-bond acceptors (Lipinski definition) is 5. The zero-order valence-corrected chi connectivity index (χ0v) is 11.3. The zero-order chi connectivity index (χ0) is 13.9. The fraction of sp³-hybridized carbons (Fsp3) is 0.615. The van der Waals surface area contributed by atoms with Crippen LogP contribution in [0.5, 0.6) is 5.88 Å². The monoisotopic (exact) mass is 265 g/mol. The van der Waals surface area contributed by atoms with Crippen LogP contribution in [-0.4, -0.2) is 40.2 Å². The van der Waals surface area contributed by atoms with Crippen molar-refractivity contribution in [2.75, 3.05) is 18.6 Å². The number of carboxylic acids is 1. The minimum absolute atomic E-state index is 0.438. The summed E-state index contributed by atoms with van der Waals surface area (Å²) in [5, 5.41) is 9.62. The molecular formula is C13H19N3O3. The van der Waals surface area contributed by atoms with Crippen LogP contribution >= 0.6 is 0 Å². The molecule has 6 heteroatoms. The maximum atomic E-state index is 11.7. The average Bonchev–Trinajstić information content (AvgIpc) is 2.84. The SMILES string of the molecule is CCCC1(C(=O)O)CCCN1c1nccc(OC)n1. The summed E-state index contributed by atoms with van der Waals surface area (Å²) in [6, 6.07) is 1.65. The lowest BCUT2D eigenvalue weighted by molar-refractivity contribution is -0.143. The van der Waals surface area contributed by atoms with E-state index in [1.807, 2.05) is 6.92 Å². The highest BCUT2D eigenvalue weighted by molar-refractivity contribution is 5.83. The molecule has 19 heavy (non-hydrogen) atoms. The first kappa shape index (κ1) is 13.6. The molecule has 2 heterocycles. The maximum Gasteiger partial charge on any atom is 0.329 e. The molecule has 0 aromatic carbocycles. The van der Waals surface area contributed by atoms with Crippen LogP contribution in [0.3, 0.4) is 0 Å². The van der Waals surface area contributed by atoms with E-state index < -0.39 is 11.5 Å². The molecule has 6 nitrogen and oxygen atoms in total. The van der Waals surface area contributed by atoms with Gasteiger partial charge in [-0.05, 0) is 19.3 Å². The van der Waals surface area contributed by atoms with E-state index in [9.17, 15) is 9.90 Å². The molecule has 1 aromatic rings. The number of carbonyl (C=O) groups is 1. The second-order valence-electron chi connectivity index (χ2n) is 4.74. The number of nitrogens with zero attached hydrogens (tertiary/aromatic N) is 3. The lowest BCUT2D eigenvalue weighted by atomic mass is 9.91. The first-order chi connectivity index (χ1) is 9.14. The molecule has 0 bridgehead atoms. The third-order valence-corrected chi connectivity index (χ3v) is 3.62. The summed E-state index contributed by atoms with van der Waals surface area (Å²) in [5.74, 6) is 0.0960. The number of carboxylic acid groups (broad SMARTS) is 1. The van der Waals surface area contributed by atoms with Crippen molar-refractivity contribution in [1.82, 2.24) is 9.97 Å². The number of hydrogen-bond donors (Lipinski definition) is 1. The van der Waals surface area contributed by atoms with Gasteiger partial charge in [-0.1, -0.05) is 13.3 Å². The Morgan fingerprint density at radius 3 is 3.05 bits per heavy atom. The summed E-state index contributed by atoms with van der Waals surface area (Å²) in [6.45, 7) is 2.66. The number of aromatic nitrogens is 2. The lowest BCUT2D eigenvalue weighted by Crippen LogP contribution is -2.51. The molecule has 104 valence electrons. The van der Waals surface area contributed by atoms with Crippen molar-refractivity contribution in [3.63, 3.8) is 0 Å². The van der Waals surface area contributed by atoms with Gasteiger partial charge in [0.05, 0.1) is 7.11 Å². The van der Waals surface area contributed by atoms with E-state index in [2.05, 4.69) is 9.97 Å². The van der Waals surface area contributed by atoms with E-state index in [0.29, 0.717) is 31.2 Å². The molecule has 0 radical (unpaired) electrons. The molecule has 0 spiro atoms. The van der Waals surface area contributed by atoms with E-state index in [1.165, 1.54) is 7.11 Å². The summed E-state index contributed by atoms with van der Waals surface area (Å²) in [4.78, 5) is 22.0. The molecular weight excluding hydrogens is 246 g/mol. The van der Waals surface area contributed by atoms with Crippen molar-refractivity contribution in [2.24, 2.45) is 0 Å². The van der Waals surface area contributed by atoms with Crippen molar-refractivity contribution >= 4 is 11.9 Å². The van der Waals surface area contributed by atoms with E-state index >= 15 is 0 Å². The second-order valence-corrected chi connectivity index (χ2v) is 4.74. The van der Waals surface area contributed by atoms with Gasteiger partial charge in [-0.25, -0.2) is 9.78 Å². The van der Waals surface area contributed by atoms with Crippen LogP contribution in [0.15, 0.2) is 12.3 Å². The first-order valence-corrected chi connectivity index (χ1v) is 6.52. The lowest BCUT2D eigenvalue weighted by Gasteiger charge is -2.34. The summed E-state index contributed by atoms with van der Waals surface area (Å²) < 4.78 is 5.08. The predicted octanol–water partition coefficient (Wildman–Crippen LogP) is 1.71. The molecule has 1 aliphatic heterocycles. The molecule has 1 aromatic heterocycles. The Bertz CT molecular complexity index is 466. The maximum absolute atomic E-state index is 11.7. The van der Waals surface area contributed by atoms with E-state index in [0.717, 1.165) is 12.8 Å². The van der Waals surface area contributed by atoms with Gasteiger partial charge in [0.2, 0.25) is 11.8 Å². The van der Waals surface area contributed by atoms with Gasteiger partial charge in [0, 0.05) is 18.8 Å². The fourth-order valence-electron chi connectivity index (χ4n) is 2.75. The third-order valence-electron chi connectivity index (χ3n) is 3.62. The third kappa shape index (κ3) is 2.34. The molecule has 2 rings (SSSR count). The summed E-state index contributed by atoms with van der Waals surface area (Å²) >= 11 is 0. The van der Waals surface area contributed by atoms with Crippen LogP contribution in [-0.2, 0) is 4.79 Å². The van der Waals surface area contributed by atoms with E-state index in [-0.39, 0.29) is 0 Å². The predicted molar refractivity (Wildman–Crippen MR) is 70.4 cm³/mol. The Morgan fingerprint density at radius 2 is 2.42 bits per heavy atom. The van der Waals surface area contributed by atoms with Crippen molar-refractivity contribution in [1.29, 1.82) is 0 Å². The Hall–Kier alpha value is -1.85. The van der Waals surface area contributed by atoms with E-state index in [4.69, 9.17) is 4.74 Å². The molecule has 0 amide bonds. The molecule has 1 unspecified atom stereocenters. The van der Waals surface area contributed by atoms with E-state index in [1.54, 1.807) is 17.2 Å². The van der Waals surface area contributed by atoms with Crippen molar-refractivity contribution in [3.8, 4) is 5.88 Å². The first-order valence-electron chi connectivity index (χ1n) is 6.52. The van der Waals surface area contributed by atoms with Crippen molar-refractivity contribution < 1.29 is 14.6 Å². The smallest absolute Gasteiger partial charge is 0.329 e. The van der Waals surface area contributed by atoms with Gasteiger partial charge in [0.1, 0.15) is 5.54 Å². The molecule has 1 N–H and O–H groups in total. The minimum Gasteiger partial charge on any atom is -0.481 e. The highest BCUT2D eigenvalue weighted by Gasteiger charge is 2.48. The summed E-state index contributed by atoms with van der Waals surface area (Å²) in [6.07, 6.45) is 4.48. The Labute approximate surface area is 112 Å². The Kier molecular flexibility index (Phi) is 3.87. The standard InChI is InChI=1S/C13H19N3O3/c1-3-6-13(11(17)18)7-4-9-16(13)12-14-8-5-10(15-12)19-2/h5,8H,3-4,6-7,9H2,1-2H3,(H,17,18). The second kappa shape index (κ2) is 5.42. The van der Waals surface area contributed by atoms with Crippen LogP contribution in [0.1, 0.15) is 32.6 Å². The highest BCUT2D eigenvalue weighted by Crippen LogP contribution is 2.36. The van der Waals surface area contributed by atoms with Crippen LogP contribution in [0.2, 0.25) is 0 Å². The van der Waals surface area contributed by atoms with Gasteiger partial charge in [0.15, 0.2) is 0 Å². The van der Waals surface area contributed by atoms with Crippen molar-refractivity contribution in [2.45, 2.75) is 38.1 Å². The minimum atomic E-state index is -0.874. The molecule has 1 atom stereocenters. The van der Waals surface area contributed by atoms with Crippen LogP contribution in [0.25, 0.3) is 0 Å². The normalized spacial score (nSPS) is 22.5. The van der Waals surface area contributed by atoms with Gasteiger partial charge in [0.25, 0.3) is 0 Å². The molecule has 0 aliphatic carbocycles. The zero-order valence-electron chi connectivity index (χ0n) is 11.3. The number of ether oxygens (including phenoxy) is 1. The van der Waals surface area contributed by atoms with Crippen LogP contribution in [0, 0.1) is 0 Å². The fourth-order valence-corrected chi connectivity index (χ4v) is 2.75. The average molecular weight is 265 g/mol. The van der Waals surface area contributed by atoms with Crippen LogP contribution in [0.4, 0.5) is 5.95 Å². The number of aliphatic carboxylic acids is 1. The van der Waals surface area contributed by atoms with Gasteiger partial charge in [-0.15, -0.1) is 0 Å². The van der Waals surface area contributed by atoms with Crippen molar-refractivity contribution in [3.05, 3.63) is 12.3 Å². The number of methoxy groups -OCH3 is 1. The largest absolute Gasteiger partial charge is 0.481 e. The highest BCUT2D eigenvalue weighted by atomic mass is 16.5. The van der Waals surface area contributed by atoms with Gasteiger partial charge in [-0.2, -0.15) is 4.98 Å². The molecule has 0 saturated carbocycles. The Morgan fingerprint density at radius 1 is 1.63 bits per heavy atom. The molecule has 1 fully saturated rings. The van der Waals surface area contributed by atoms with Gasteiger partial charge < -0.3 is 14.7 Å². The number of anilines is 1.